The lowest BCUT2D eigenvalue weighted by atomic mass is 10.0. The monoisotopic (exact) mass is 291 g/mol. The Morgan fingerprint density at radius 3 is 2.71 bits per heavy atom. The second kappa shape index (κ2) is 7.22. The van der Waals surface area contributed by atoms with E-state index in [-0.39, 0.29) is 24.5 Å². The number of methoxy groups -OCH3 is 1. The van der Waals surface area contributed by atoms with E-state index >= 15 is 0 Å². The van der Waals surface area contributed by atoms with Gasteiger partial charge in [0, 0.05) is 13.0 Å². The van der Waals surface area contributed by atoms with Crippen molar-refractivity contribution in [2.45, 2.75) is 31.7 Å². The molecule has 21 heavy (non-hydrogen) atoms. The molecular weight excluding hydrogens is 270 g/mol. The number of aliphatic hydroxyl groups excluding tert-OH is 1. The largest absolute Gasteiger partial charge is 0.465 e. The van der Waals surface area contributed by atoms with Crippen LogP contribution in [0.3, 0.4) is 0 Å². The van der Waals surface area contributed by atoms with Gasteiger partial charge in [0.15, 0.2) is 0 Å². The molecule has 114 valence electrons. The van der Waals surface area contributed by atoms with Gasteiger partial charge in [-0.15, -0.1) is 0 Å². The lowest BCUT2D eigenvalue weighted by molar-refractivity contribution is -0.137. The van der Waals surface area contributed by atoms with E-state index in [0.29, 0.717) is 24.9 Å². The van der Waals surface area contributed by atoms with Gasteiger partial charge in [0.2, 0.25) is 5.91 Å². The molecule has 0 aliphatic carbocycles. The third-order valence-electron chi connectivity index (χ3n) is 3.92. The molecule has 0 radical (unpaired) electrons. The summed E-state index contributed by atoms with van der Waals surface area (Å²) in [5.41, 5.74) is 1.57. The third kappa shape index (κ3) is 3.82. The molecule has 1 saturated heterocycles. The lowest BCUT2D eigenvalue weighted by Gasteiger charge is -2.34. The number of benzene rings is 1. The molecule has 0 spiro atoms. The highest BCUT2D eigenvalue weighted by atomic mass is 16.5. The third-order valence-corrected chi connectivity index (χ3v) is 3.92. The summed E-state index contributed by atoms with van der Waals surface area (Å²) in [6, 6.07) is 7.13. The van der Waals surface area contributed by atoms with Gasteiger partial charge in [-0.25, -0.2) is 4.79 Å². The summed E-state index contributed by atoms with van der Waals surface area (Å²) in [5.74, 6) is -0.236. The zero-order valence-corrected chi connectivity index (χ0v) is 12.2. The highest BCUT2D eigenvalue weighted by Crippen LogP contribution is 2.18. The van der Waals surface area contributed by atoms with Crippen LogP contribution in [0.5, 0.6) is 0 Å². The van der Waals surface area contributed by atoms with Crippen LogP contribution in [0.25, 0.3) is 0 Å². The Bertz CT molecular complexity index is 498. The van der Waals surface area contributed by atoms with Gasteiger partial charge in [0.25, 0.3) is 0 Å². The molecule has 5 nitrogen and oxygen atoms in total. The quantitative estimate of drug-likeness (QED) is 0.833. The van der Waals surface area contributed by atoms with Crippen LogP contribution in [0, 0.1) is 0 Å². The number of piperidine rings is 1. The zero-order valence-electron chi connectivity index (χ0n) is 12.2. The van der Waals surface area contributed by atoms with Crippen LogP contribution >= 0.6 is 0 Å². The summed E-state index contributed by atoms with van der Waals surface area (Å²) in [7, 11) is 1.35. The summed E-state index contributed by atoms with van der Waals surface area (Å²) in [5, 5.41) is 9.36. The van der Waals surface area contributed by atoms with Crippen molar-refractivity contribution in [1.82, 2.24) is 4.90 Å². The summed E-state index contributed by atoms with van der Waals surface area (Å²) >= 11 is 0. The van der Waals surface area contributed by atoms with Crippen molar-refractivity contribution in [3.05, 3.63) is 35.4 Å². The SMILES string of the molecule is COC(=O)c1ccc(CCN2C(=O)CCCC2CO)cc1. The second-order valence-corrected chi connectivity index (χ2v) is 5.25. The normalized spacial score (nSPS) is 18.7. The Morgan fingerprint density at radius 2 is 2.10 bits per heavy atom. The Hall–Kier alpha value is -1.88. The molecule has 1 unspecified atom stereocenters. The molecule has 1 aliphatic heterocycles. The molecule has 0 aromatic heterocycles. The molecule has 1 amide bonds. The van der Waals surface area contributed by atoms with Gasteiger partial charge in [0.05, 0.1) is 25.3 Å². The highest BCUT2D eigenvalue weighted by molar-refractivity contribution is 5.89. The van der Waals surface area contributed by atoms with Gasteiger partial charge < -0.3 is 14.7 Å². The molecule has 0 bridgehead atoms. The van der Waals surface area contributed by atoms with E-state index in [1.54, 1.807) is 17.0 Å². The maximum atomic E-state index is 11.9. The van der Waals surface area contributed by atoms with Crippen LogP contribution in [-0.2, 0) is 16.0 Å². The number of esters is 1. The Balaban J connectivity index is 1.95. The number of carbonyl (C=O) groups is 2. The number of nitrogens with zero attached hydrogens (tertiary/aromatic N) is 1. The molecule has 1 atom stereocenters. The average Bonchev–Trinajstić information content (AvgIpc) is 2.53. The number of ether oxygens (including phenoxy) is 1. The van der Waals surface area contributed by atoms with E-state index in [0.717, 1.165) is 18.4 Å². The van der Waals surface area contributed by atoms with Gasteiger partial charge in [-0.2, -0.15) is 0 Å². The van der Waals surface area contributed by atoms with Crippen LogP contribution in [0.2, 0.25) is 0 Å². The van der Waals surface area contributed by atoms with Gasteiger partial charge in [0.1, 0.15) is 0 Å². The van der Waals surface area contributed by atoms with Gasteiger partial charge in [-0.3, -0.25) is 4.79 Å². The lowest BCUT2D eigenvalue weighted by Crippen LogP contribution is -2.46. The Morgan fingerprint density at radius 1 is 1.38 bits per heavy atom. The number of hydrogen-bond acceptors (Lipinski definition) is 4. The van der Waals surface area contributed by atoms with Crippen molar-refractivity contribution in [2.24, 2.45) is 0 Å². The maximum Gasteiger partial charge on any atom is 0.337 e. The fourth-order valence-electron chi connectivity index (χ4n) is 2.66. The second-order valence-electron chi connectivity index (χ2n) is 5.25. The van der Waals surface area contributed by atoms with E-state index in [1.807, 2.05) is 12.1 Å². The first-order chi connectivity index (χ1) is 10.2. The number of hydrogen-bond donors (Lipinski definition) is 1. The minimum absolute atomic E-state index is 0.0209. The summed E-state index contributed by atoms with van der Waals surface area (Å²) in [6.45, 7) is 0.620. The predicted molar refractivity (Wildman–Crippen MR) is 77.9 cm³/mol. The maximum absolute atomic E-state index is 11.9. The smallest absolute Gasteiger partial charge is 0.337 e. The van der Waals surface area contributed by atoms with Crippen molar-refractivity contribution < 1.29 is 19.4 Å². The molecule has 1 heterocycles. The van der Waals surface area contributed by atoms with Crippen LogP contribution in [0.4, 0.5) is 0 Å². The van der Waals surface area contributed by atoms with Crippen molar-refractivity contribution >= 4 is 11.9 Å². The van der Waals surface area contributed by atoms with Crippen molar-refractivity contribution in [3.63, 3.8) is 0 Å². The number of amides is 1. The first-order valence-corrected chi connectivity index (χ1v) is 7.23. The van der Waals surface area contributed by atoms with Crippen molar-refractivity contribution in [1.29, 1.82) is 0 Å². The minimum Gasteiger partial charge on any atom is -0.465 e. The summed E-state index contributed by atoms with van der Waals surface area (Å²) in [6.07, 6.45) is 3.00. The van der Waals surface area contributed by atoms with Crippen molar-refractivity contribution in [3.8, 4) is 0 Å². The Labute approximate surface area is 124 Å². The number of aliphatic hydroxyl groups is 1. The molecule has 5 heteroatoms. The van der Waals surface area contributed by atoms with E-state index in [9.17, 15) is 14.7 Å². The van der Waals surface area contributed by atoms with Gasteiger partial charge >= 0.3 is 5.97 Å². The van der Waals surface area contributed by atoms with Crippen LogP contribution < -0.4 is 0 Å². The molecule has 1 fully saturated rings. The summed E-state index contributed by atoms with van der Waals surface area (Å²) < 4.78 is 4.65. The fourth-order valence-corrected chi connectivity index (χ4v) is 2.66. The minimum atomic E-state index is -0.354. The van der Waals surface area contributed by atoms with Crippen LogP contribution in [-0.4, -0.2) is 48.2 Å². The average molecular weight is 291 g/mol. The highest BCUT2D eigenvalue weighted by Gasteiger charge is 2.26. The van der Waals surface area contributed by atoms with E-state index in [1.165, 1.54) is 7.11 Å². The first-order valence-electron chi connectivity index (χ1n) is 7.23. The fraction of sp³-hybridized carbons (Fsp3) is 0.500. The standard InChI is InChI=1S/C16H21NO4/c1-21-16(20)13-7-5-12(6-8-13)9-10-17-14(11-18)3-2-4-15(17)19/h5-8,14,18H,2-4,9-11H2,1H3. The van der Waals surface area contributed by atoms with Crippen LogP contribution in [0.15, 0.2) is 24.3 Å². The topological polar surface area (TPSA) is 66.8 Å². The number of carbonyl (C=O) groups excluding carboxylic acids is 2. The molecule has 0 saturated carbocycles. The Kier molecular flexibility index (Phi) is 5.33. The number of rotatable bonds is 5. The van der Waals surface area contributed by atoms with Crippen LogP contribution in [0.1, 0.15) is 35.2 Å². The summed E-state index contributed by atoms with van der Waals surface area (Å²) in [4.78, 5) is 25.0. The van der Waals surface area contributed by atoms with E-state index < -0.39 is 0 Å². The molecule has 1 N–H and O–H groups in total. The number of likely N-dealkylation sites (tertiary alicyclic amines) is 1. The van der Waals surface area contributed by atoms with Crippen molar-refractivity contribution in [2.75, 3.05) is 20.3 Å². The van der Waals surface area contributed by atoms with E-state index in [4.69, 9.17) is 0 Å². The van der Waals surface area contributed by atoms with E-state index in [2.05, 4.69) is 4.74 Å². The molecule has 1 aromatic carbocycles. The molecular formula is C16H21NO4. The molecule has 1 aromatic rings. The first kappa shape index (κ1) is 15.5. The molecule has 2 rings (SSSR count). The van der Waals surface area contributed by atoms with Gasteiger partial charge in [-0.05, 0) is 37.0 Å². The predicted octanol–water partition coefficient (Wildman–Crippen LogP) is 1.39. The molecule has 1 aliphatic rings. The zero-order chi connectivity index (χ0) is 15.2. The van der Waals surface area contributed by atoms with Gasteiger partial charge in [-0.1, -0.05) is 12.1 Å².